The molecule has 1 aromatic carbocycles. The SMILES string of the molecule is COc1ccc(OC)c(S(=O)(=O)Nc2cc(C)no2)c1. The summed E-state index contributed by atoms with van der Waals surface area (Å²) >= 11 is 0. The number of anilines is 1. The van der Waals surface area contributed by atoms with E-state index in [1.54, 1.807) is 13.0 Å². The number of ether oxygens (including phenoxy) is 2. The monoisotopic (exact) mass is 298 g/mol. The van der Waals surface area contributed by atoms with Gasteiger partial charge in [0.1, 0.15) is 16.4 Å². The molecule has 0 aliphatic rings. The molecule has 0 spiro atoms. The number of nitrogens with zero attached hydrogens (tertiary/aromatic N) is 1. The van der Waals surface area contributed by atoms with Crippen molar-refractivity contribution in [1.29, 1.82) is 0 Å². The molecule has 0 atom stereocenters. The Balaban J connectivity index is 2.42. The van der Waals surface area contributed by atoms with Crippen molar-refractivity contribution < 1.29 is 22.4 Å². The highest BCUT2D eigenvalue weighted by molar-refractivity contribution is 7.92. The third-order valence-electron chi connectivity index (χ3n) is 2.52. The van der Waals surface area contributed by atoms with E-state index in [4.69, 9.17) is 14.0 Å². The first kappa shape index (κ1) is 14.2. The van der Waals surface area contributed by atoms with E-state index < -0.39 is 10.0 Å². The average molecular weight is 298 g/mol. The lowest BCUT2D eigenvalue weighted by Gasteiger charge is -2.11. The van der Waals surface area contributed by atoms with Gasteiger partial charge in [0.25, 0.3) is 10.0 Å². The molecule has 0 bridgehead atoms. The molecule has 108 valence electrons. The minimum absolute atomic E-state index is 0.0346. The first-order chi connectivity index (χ1) is 9.46. The Morgan fingerprint density at radius 2 is 1.95 bits per heavy atom. The molecular formula is C12H14N2O5S. The van der Waals surface area contributed by atoms with Gasteiger partial charge in [0, 0.05) is 12.1 Å². The summed E-state index contributed by atoms with van der Waals surface area (Å²) in [5.41, 5.74) is 0.570. The molecule has 1 aromatic heterocycles. The van der Waals surface area contributed by atoms with Crippen LogP contribution in [0.4, 0.5) is 5.88 Å². The van der Waals surface area contributed by atoms with Crippen LogP contribution in [0.3, 0.4) is 0 Å². The molecule has 8 heteroatoms. The van der Waals surface area contributed by atoms with Gasteiger partial charge in [-0.25, -0.2) is 13.1 Å². The summed E-state index contributed by atoms with van der Waals surface area (Å²) in [7, 11) is -1.03. The molecule has 0 saturated heterocycles. The molecule has 0 unspecified atom stereocenters. The van der Waals surface area contributed by atoms with E-state index in [9.17, 15) is 8.42 Å². The Bertz CT molecular complexity index is 708. The Hall–Kier alpha value is -2.22. The summed E-state index contributed by atoms with van der Waals surface area (Å²) in [6, 6.07) is 5.96. The van der Waals surface area contributed by atoms with Gasteiger partial charge in [0.2, 0.25) is 5.88 Å². The van der Waals surface area contributed by atoms with E-state index in [0.717, 1.165) is 0 Å². The third kappa shape index (κ3) is 2.85. The molecule has 20 heavy (non-hydrogen) atoms. The van der Waals surface area contributed by atoms with Crippen molar-refractivity contribution in [3.05, 3.63) is 30.0 Å². The number of aromatic nitrogens is 1. The van der Waals surface area contributed by atoms with Crippen molar-refractivity contribution in [2.75, 3.05) is 18.9 Å². The van der Waals surface area contributed by atoms with Crippen molar-refractivity contribution in [3.63, 3.8) is 0 Å². The highest BCUT2D eigenvalue weighted by Gasteiger charge is 2.22. The van der Waals surface area contributed by atoms with Crippen molar-refractivity contribution in [1.82, 2.24) is 5.16 Å². The fraction of sp³-hybridized carbons (Fsp3) is 0.250. The lowest BCUT2D eigenvalue weighted by Crippen LogP contribution is -2.13. The molecule has 0 radical (unpaired) electrons. The quantitative estimate of drug-likeness (QED) is 0.905. The Labute approximate surface area is 116 Å². The molecule has 0 amide bonds. The second kappa shape index (κ2) is 5.41. The maximum atomic E-state index is 12.3. The summed E-state index contributed by atoms with van der Waals surface area (Å²) < 4.78 is 41.9. The zero-order valence-corrected chi connectivity index (χ0v) is 12.0. The molecule has 0 saturated carbocycles. The molecule has 1 N–H and O–H groups in total. The molecule has 0 aliphatic heterocycles. The van der Waals surface area contributed by atoms with Crippen LogP contribution in [-0.2, 0) is 10.0 Å². The Morgan fingerprint density at radius 3 is 2.50 bits per heavy atom. The smallest absolute Gasteiger partial charge is 0.268 e. The number of hydrogen-bond donors (Lipinski definition) is 1. The van der Waals surface area contributed by atoms with Crippen LogP contribution in [0.2, 0.25) is 0 Å². The molecule has 2 rings (SSSR count). The van der Waals surface area contributed by atoms with Crippen molar-refractivity contribution in [2.45, 2.75) is 11.8 Å². The van der Waals surface area contributed by atoms with E-state index in [1.807, 2.05) is 0 Å². The number of nitrogens with one attached hydrogen (secondary N) is 1. The van der Waals surface area contributed by atoms with E-state index in [-0.39, 0.29) is 16.5 Å². The predicted octanol–water partition coefficient (Wildman–Crippen LogP) is 1.80. The Kier molecular flexibility index (Phi) is 3.84. The lowest BCUT2D eigenvalue weighted by atomic mass is 10.3. The molecule has 0 aliphatic carbocycles. The molecule has 7 nitrogen and oxygen atoms in total. The molecule has 1 heterocycles. The van der Waals surface area contributed by atoms with E-state index in [0.29, 0.717) is 11.4 Å². The van der Waals surface area contributed by atoms with Crippen LogP contribution >= 0.6 is 0 Å². The summed E-state index contributed by atoms with van der Waals surface area (Å²) in [6.07, 6.45) is 0. The topological polar surface area (TPSA) is 90.7 Å². The van der Waals surface area contributed by atoms with Gasteiger partial charge in [0.15, 0.2) is 0 Å². The summed E-state index contributed by atoms with van der Waals surface area (Å²) in [6.45, 7) is 1.69. The minimum atomic E-state index is -3.86. The number of benzene rings is 1. The van der Waals surface area contributed by atoms with Gasteiger partial charge >= 0.3 is 0 Å². The first-order valence-corrected chi connectivity index (χ1v) is 7.13. The van der Waals surface area contributed by atoms with Crippen LogP contribution in [0.1, 0.15) is 5.69 Å². The van der Waals surface area contributed by atoms with Gasteiger partial charge in [-0.05, 0) is 19.1 Å². The van der Waals surface area contributed by atoms with Crippen LogP contribution < -0.4 is 14.2 Å². The van der Waals surface area contributed by atoms with E-state index in [2.05, 4.69) is 9.88 Å². The second-order valence-electron chi connectivity index (χ2n) is 3.95. The maximum Gasteiger partial charge on any atom is 0.268 e. The van der Waals surface area contributed by atoms with Gasteiger partial charge in [-0.2, -0.15) is 0 Å². The van der Waals surface area contributed by atoms with Crippen LogP contribution in [0.5, 0.6) is 11.5 Å². The van der Waals surface area contributed by atoms with Crippen LogP contribution in [0.15, 0.2) is 33.7 Å². The maximum absolute atomic E-state index is 12.3. The molecule has 2 aromatic rings. The minimum Gasteiger partial charge on any atom is -0.497 e. The summed E-state index contributed by atoms with van der Waals surface area (Å²) in [5, 5.41) is 3.61. The number of hydrogen-bond acceptors (Lipinski definition) is 6. The number of sulfonamides is 1. The highest BCUT2D eigenvalue weighted by atomic mass is 32.2. The highest BCUT2D eigenvalue weighted by Crippen LogP contribution is 2.29. The molecular weight excluding hydrogens is 284 g/mol. The Morgan fingerprint density at radius 1 is 1.20 bits per heavy atom. The fourth-order valence-electron chi connectivity index (χ4n) is 1.59. The van der Waals surface area contributed by atoms with E-state index in [1.165, 1.54) is 32.4 Å². The van der Waals surface area contributed by atoms with Crippen molar-refractivity contribution >= 4 is 15.9 Å². The second-order valence-corrected chi connectivity index (χ2v) is 5.61. The predicted molar refractivity (Wildman–Crippen MR) is 71.6 cm³/mol. The number of aryl methyl sites for hydroxylation is 1. The van der Waals surface area contributed by atoms with Gasteiger partial charge in [-0.15, -0.1) is 0 Å². The lowest BCUT2D eigenvalue weighted by molar-refractivity contribution is 0.392. The first-order valence-electron chi connectivity index (χ1n) is 5.64. The van der Waals surface area contributed by atoms with Crippen molar-refractivity contribution in [3.8, 4) is 11.5 Å². The fourth-order valence-corrected chi connectivity index (χ4v) is 2.75. The standard InChI is InChI=1S/C12H14N2O5S/c1-8-6-12(19-13-8)14-20(15,16)11-7-9(17-2)4-5-10(11)18-3/h4-7,14H,1-3H3. The largest absolute Gasteiger partial charge is 0.497 e. The van der Waals surface area contributed by atoms with Crippen LogP contribution in [0.25, 0.3) is 0 Å². The van der Waals surface area contributed by atoms with Crippen LogP contribution in [-0.4, -0.2) is 27.8 Å². The van der Waals surface area contributed by atoms with Gasteiger partial charge in [-0.3, -0.25) is 0 Å². The van der Waals surface area contributed by atoms with Gasteiger partial charge in [0.05, 0.1) is 19.9 Å². The third-order valence-corrected chi connectivity index (χ3v) is 3.89. The van der Waals surface area contributed by atoms with Gasteiger partial charge < -0.3 is 14.0 Å². The number of methoxy groups -OCH3 is 2. The van der Waals surface area contributed by atoms with E-state index >= 15 is 0 Å². The zero-order valence-electron chi connectivity index (χ0n) is 11.2. The van der Waals surface area contributed by atoms with Gasteiger partial charge in [-0.1, -0.05) is 5.16 Å². The zero-order chi connectivity index (χ0) is 14.8. The molecule has 0 fully saturated rings. The number of rotatable bonds is 5. The average Bonchev–Trinajstić information content (AvgIpc) is 2.82. The van der Waals surface area contributed by atoms with Crippen molar-refractivity contribution in [2.24, 2.45) is 0 Å². The summed E-state index contributed by atoms with van der Waals surface area (Å²) in [4.78, 5) is -0.0478. The normalized spacial score (nSPS) is 11.2. The summed E-state index contributed by atoms with van der Waals surface area (Å²) in [5.74, 6) is 0.641. The van der Waals surface area contributed by atoms with Crippen LogP contribution in [0, 0.1) is 6.92 Å².